The molecule has 0 saturated carbocycles. The number of nitrogens with two attached hydrogens (primary N) is 1. The number of carboxylic acids is 1. The molecule has 2 rings (SSSR count). The zero-order chi connectivity index (χ0) is 57.9. The summed E-state index contributed by atoms with van der Waals surface area (Å²) in [5.74, 6) is -11.2. The number of ether oxygens (including phenoxy) is 1. The summed E-state index contributed by atoms with van der Waals surface area (Å²) >= 11 is 0. The summed E-state index contributed by atoms with van der Waals surface area (Å²) in [6.45, 7) is -5.07. The van der Waals surface area contributed by atoms with Crippen LogP contribution in [0.25, 0.3) is 0 Å². The van der Waals surface area contributed by atoms with E-state index in [9.17, 15) is 67.1 Å². The van der Waals surface area contributed by atoms with E-state index in [4.69, 9.17) is 15.6 Å². The molecule has 1 aliphatic heterocycles. The lowest BCUT2D eigenvalue weighted by molar-refractivity contribution is -0.147. The van der Waals surface area contributed by atoms with Gasteiger partial charge in [-0.05, 0) is 24.5 Å². The molecule has 0 atom stereocenters. The summed E-state index contributed by atoms with van der Waals surface area (Å²) in [6.07, 6.45) is 1.67. The van der Waals surface area contributed by atoms with Crippen molar-refractivity contribution in [3.63, 3.8) is 0 Å². The van der Waals surface area contributed by atoms with Crippen molar-refractivity contribution in [2.24, 2.45) is 5.73 Å². The van der Waals surface area contributed by atoms with Crippen molar-refractivity contribution in [1.82, 2.24) is 49.0 Å². The lowest BCUT2D eigenvalue weighted by Gasteiger charge is -2.27. The van der Waals surface area contributed by atoms with Crippen LogP contribution in [0.1, 0.15) is 24.8 Å². The molecule has 3 N–H and O–H groups in total. The third-order valence-corrected chi connectivity index (χ3v) is 11.6. The smallest absolute Gasteiger partial charge is 0.323 e. The number of nitrogens with zero attached hydrogens (tertiary/aromatic N) is 11. The van der Waals surface area contributed by atoms with Crippen LogP contribution in [0.3, 0.4) is 0 Å². The zero-order valence-electron chi connectivity index (χ0n) is 44.4. The number of aliphatic carboxylic acids is 1. The number of carbonyl (C=O) groups excluding carboxylic acids is 13. The number of aryl methyl sites for hydroxylation is 1. The molecule has 28 nitrogen and oxygen atoms in total. The van der Waals surface area contributed by atoms with Crippen molar-refractivity contribution in [1.29, 1.82) is 0 Å². The quantitative estimate of drug-likeness (QED) is 0.0564. The van der Waals surface area contributed by atoms with Gasteiger partial charge in [0.05, 0.1) is 71.2 Å². The number of imide groups is 1. The topological polar surface area (TPSA) is 330 Å². The van der Waals surface area contributed by atoms with Gasteiger partial charge in [-0.25, -0.2) is 9.29 Å². The van der Waals surface area contributed by atoms with E-state index in [0.29, 0.717) is 4.90 Å². The molecule has 0 unspecified atom stereocenters. The van der Waals surface area contributed by atoms with E-state index in [1.807, 2.05) is 0 Å². The lowest BCUT2D eigenvalue weighted by atomic mass is 10.1. The van der Waals surface area contributed by atoms with E-state index in [0.717, 1.165) is 61.2 Å². The minimum atomic E-state index is -1.24. The largest absolute Gasteiger partial charge is 0.490 e. The van der Waals surface area contributed by atoms with Crippen LogP contribution in [0, 0.1) is 5.82 Å². The molecule has 1 aromatic carbocycles. The summed E-state index contributed by atoms with van der Waals surface area (Å²) in [5.41, 5.74) is 5.11. The van der Waals surface area contributed by atoms with Crippen molar-refractivity contribution < 1.29 is 81.4 Å². The number of halogens is 1. The zero-order valence-corrected chi connectivity index (χ0v) is 44.4. The molecule has 0 radical (unpaired) electrons. The molecule has 0 fully saturated rings. The van der Waals surface area contributed by atoms with Gasteiger partial charge in [-0.3, -0.25) is 67.1 Å². The molecule has 0 aliphatic carbocycles. The van der Waals surface area contributed by atoms with Gasteiger partial charge in [0, 0.05) is 95.5 Å². The maximum atomic E-state index is 15.7. The van der Waals surface area contributed by atoms with Gasteiger partial charge < -0.3 is 64.6 Å². The molecule has 0 saturated heterocycles. The van der Waals surface area contributed by atoms with Gasteiger partial charge in [0.15, 0.2) is 11.6 Å². The third-order valence-electron chi connectivity index (χ3n) is 11.6. The first-order valence-corrected chi connectivity index (χ1v) is 23.3. The van der Waals surface area contributed by atoms with Crippen LogP contribution >= 0.6 is 0 Å². The Hall–Kier alpha value is -8.53. The minimum Gasteiger partial charge on any atom is -0.490 e. The number of benzene rings is 1. The SMILES string of the molecule is CN(CC(=O)O)C(=O)CN(C)C(=O)CN(C)C(=O)CN(C)C(=O)CN(C)C(=O)CN(C)C(=O)CN(C)C(=O)CN(C)C(=O)CN(C)C(=O)CN(C)C(=O)CCCOc1c(CCC(N)=O)ccc(N2C(=O)C=CC2=O)c1F. The first kappa shape index (κ1) is 63.6. The summed E-state index contributed by atoms with van der Waals surface area (Å²) in [6, 6.07) is 2.59. The monoisotopic (exact) mass is 1070 g/mol. The number of hydrogen-bond donors (Lipinski definition) is 2. The van der Waals surface area contributed by atoms with Crippen LogP contribution in [0.4, 0.5) is 10.1 Å². The average molecular weight is 1080 g/mol. The van der Waals surface area contributed by atoms with Crippen molar-refractivity contribution in [2.45, 2.75) is 25.7 Å². The van der Waals surface area contributed by atoms with E-state index < -0.39 is 154 Å². The predicted molar refractivity (Wildman–Crippen MR) is 264 cm³/mol. The highest BCUT2D eigenvalue weighted by molar-refractivity contribution is 6.28. The number of amides is 13. The molecule has 0 spiro atoms. The second kappa shape index (κ2) is 29.4. The highest BCUT2D eigenvalue weighted by atomic mass is 19.1. The molecule has 1 heterocycles. The summed E-state index contributed by atoms with van der Waals surface area (Å²) in [4.78, 5) is 186. The number of anilines is 1. The summed E-state index contributed by atoms with van der Waals surface area (Å²) in [5, 5.41) is 8.85. The van der Waals surface area contributed by atoms with Crippen LogP contribution < -0.4 is 15.4 Å². The molecule has 0 bridgehead atoms. The van der Waals surface area contributed by atoms with Crippen LogP contribution in [-0.2, 0) is 73.5 Å². The van der Waals surface area contributed by atoms with Crippen LogP contribution in [0.5, 0.6) is 5.75 Å². The fourth-order valence-corrected chi connectivity index (χ4v) is 6.59. The Morgan fingerprint density at radius 2 is 0.763 bits per heavy atom. The second-order valence-corrected chi connectivity index (χ2v) is 18.0. The first-order chi connectivity index (χ1) is 35.4. The highest BCUT2D eigenvalue weighted by Crippen LogP contribution is 2.34. The minimum absolute atomic E-state index is 0.0144. The van der Waals surface area contributed by atoms with E-state index >= 15 is 4.39 Å². The van der Waals surface area contributed by atoms with Crippen molar-refractivity contribution in [2.75, 3.05) is 147 Å². The number of carbonyl (C=O) groups is 14. The normalized spacial score (nSPS) is 11.5. The van der Waals surface area contributed by atoms with Crippen LogP contribution in [0.15, 0.2) is 24.3 Å². The number of likely N-dealkylation sites (N-methyl/N-ethyl adjacent to an activating group) is 10. The van der Waals surface area contributed by atoms with Gasteiger partial charge in [0.25, 0.3) is 11.8 Å². The van der Waals surface area contributed by atoms with Gasteiger partial charge in [-0.2, -0.15) is 0 Å². The molecule has 0 aromatic heterocycles. The van der Waals surface area contributed by atoms with E-state index in [2.05, 4.69) is 0 Å². The third kappa shape index (κ3) is 19.7. The van der Waals surface area contributed by atoms with Gasteiger partial charge >= 0.3 is 5.97 Å². The summed E-state index contributed by atoms with van der Waals surface area (Å²) < 4.78 is 21.3. The average Bonchev–Trinajstić information content (AvgIpc) is 3.67. The van der Waals surface area contributed by atoms with E-state index in [1.165, 1.54) is 82.6 Å². The van der Waals surface area contributed by atoms with E-state index in [-0.39, 0.29) is 49.3 Å². The van der Waals surface area contributed by atoms with Crippen molar-refractivity contribution in [3.8, 4) is 5.75 Å². The van der Waals surface area contributed by atoms with Crippen molar-refractivity contribution in [3.05, 3.63) is 35.7 Å². The Kier molecular flexibility index (Phi) is 24.6. The number of hydrogen-bond acceptors (Lipinski definition) is 15. The van der Waals surface area contributed by atoms with Crippen LogP contribution in [0.2, 0.25) is 0 Å². The Bertz CT molecular complexity index is 2450. The van der Waals surface area contributed by atoms with Gasteiger partial charge in [-0.15, -0.1) is 0 Å². The molecule has 13 amide bonds. The molecular weight excluding hydrogens is 1010 g/mol. The molecule has 29 heteroatoms. The Labute approximate surface area is 438 Å². The predicted octanol–water partition coefficient (Wildman–Crippen LogP) is -4.50. The van der Waals surface area contributed by atoms with Gasteiger partial charge in [0.2, 0.25) is 65.0 Å². The fourth-order valence-electron chi connectivity index (χ4n) is 6.59. The first-order valence-electron chi connectivity index (χ1n) is 23.3. The molecule has 1 aromatic rings. The Morgan fingerprint density at radius 3 is 1.05 bits per heavy atom. The van der Waals surface area contributed by atoms with Gasteiger partial charge in [-0.1, -0.05) is 6.07 Å². The Balaban J connectivity index is 1.80. The molecular formula is C47H67FN12O16. The second-order valence-electron chi connectivity index (χ2n) is 18.0. The highest BCUT2D eigenvalue weighted by Gasteiger charge is 2.31. The Morgan fingerprint density at radius 1 is 0.474 bits per heavy atom. The maximum absolute atomic E-state index is 15.7. The van der Waals surface area contributed by atoms with Crippen LogP contribution in [-0.4, -0.2) is 279 Å². The number of carboxylic acid groups (broad SMARTS) is 1. The number of primary amides is 1. The maximum Gasteiger partial charge on any atom is 0.323 e. The van der Waals surface area contributed by atoms with Gasteiger partial charge in [0.1, 0.15) is 6.54 Å². The van der Waals surface area contributed by atoms with E-state index in [1.54, 1.807) is 0 Å². The molecule has 418 valence electrons. The molecule has 1 aliphatic rings. The standard InChI is InChI=1S/C47H67FN12O16/c1-50(33(62)12-11-19-76-47-30(14-16-32(49)61)13-15-31(46(47)48)60-34(63)17-18-35(60)64)20-36(65)51(2)21-37(66)52(3)22-38(67)53(4)23-39(68)54(5)24-40(69)55(6)25-41(70)56(7)26-42(71)57(8)27-43(72)58(9)28-44(73)59(10)29-45(74)75/h13,15,17-18H,11-12,14,16,19-29H2,1-10H3,(H2,49,61)(H,74,75). The summed E-state index contributed by atoms with van der Waals surface area (Å²) in [7, 11) is 13.0. The molecule has 76 heavy (non-hydrogen) atoms. The number of rotatable bonds is 29. The fraction of sp³-hybridized carbons (Fsp3) is 0.532. The van der Waals surface area contributed by atoms with Crippen molar-refractivity contribution >= 4 is 88.5 Å². The lowest BCUT2D eigenvalue weighted by Crippen LogP contribution is -2.49.